The molecule has 0 saturated carbocycles. The normalized spacial score (nSPS) is 13.0. The third-order valence-corrected chi connectivity index (χ3v) is 2.84. The molecule has 21 heavy (non-hydrogen) atoms. The summed E-state index contributed by atoms with van der Waals surface area (Å²) in [5.74, 6) is -1.28. The molecule has 0 heterocycles. The molecule has 0 aromatic carbocycles. The van der Waals surface area contributed by atoms with Gasteiger partial charge in [0.25, 0.3) is 0 Å². The van der Waals surface area contributed by atoms with Crippen molar-refractivity contribution in [2.24, 2.45) is 5.92 Å². The van der Waals surface area contributed by atoms with Crippen molar-refractivity contribution in [1.82, 2.24) is 5.32 Å². The van der Waals surface area contributed by atoms with Crippen LogP contribution in [0.25, 0.3) is 0 Å². The van der Waals surface area contributed by atoms with Gasteiger partial charge in [0.2, 0.25) is 5.91 Å². The molecule has 0 spiro atoms. The summed E-state index contributed by atoms with van der Waals surface area (Å²) in [6.07, 6.45) is -1.47. The van der Waals surface area contributed by atoms with Gasteiger partial charge in [-0.15, -0.1) is 0 Å². The molecular weight excluding hydrogens is 291 g/mol. The molecule has 0 saturated heterocycles. The molecule has 1 amide bonds. The first-order valence-corrected chi connectivity index (χ1v) is 6.87. The molecule has 0 radical (unpaired) electrons. The van der Waals surface area contributed by atoms with Crippen molar-refractivity contribution in [2.45, 2.75) is 45.2 Å². The number of halogens is 3. The maximum atomic E-state index is 11.8. The van der Waals surface area contributed by atoms with Crippen LogP contribution in [0.5, 0.6) is 0 Å². The highest BCUT2D eigenvalue weighted by Gasteiger charge is 2.27. The van der Waals surface area contributed by atoms with Gasteiger partial charge in [0, 0.05) is 13.0 Å². The van der Waals surface area contributed by atoms with Gasteiger partial charge in [-0.25, -0.2) is 0 Å². The van der Waals surface area contributed by atoms with Crippen molar-refractivity contribution in [3.63, 3.8) is 0 Å². The highest BCUT2D eigenvalue weighted by Crippen LogP contribution is 2.17. The van der Waals surface area contributed by atoms with Crippen LogP contribution in [0, 0.1) is 5.92 Å². The van der Waals surface area contributed by atoms with Crippen LogP contribution < -0.4 is 5.32 Å². The topological polar surface area (TPSA) is 75.6 Å². The van der Waals surface area contributed by atoms with E-state index in [9.17, 15) is 22.8 Å². The Hall–Kier alpha value is -1.31. The van der Waals surface area contributed by atoms with Gasteiger partial charge in [-0.05, 0) is 18.8 Å². The molecule has 0 aromatic heterocycles. The van der Waals surface area contributed by atoms with E-state index in [0.717, 1.165) is 12.8 Å². The minimum Gasteiger partial charge on any atom is -0.481 e. The third kappa shape index (κ3) is 13.4. The van der Waals surface area contributed by atoms with Crippen molar-refractivity contribution >= 4 is 11.9 Å². The predicted molar refractivity (Wildman–Crippen MR) is 69.8 cm³/mol. The highest BCUT2D eigenvalue weighted by molar-refractivity contribution is 5.77. The summed E-state index contributed by atoms with van der Waals surface area (Å²) in [5.41, 5.74) is 0. The number of rotatable bonds is 11. The van der Waals surface area contributed by atoms with Crippen LogP contribution in [0.4, 0.5) is 13.2 Å². The molecule has 2 N–H and O–H groups in total. The number of hydrogen-bond acceptors (Lipinski definition) is 3. The smallest absolute Gasteiger partial charge is 0.411 e. The number of alkyl halides is 3. The first-order valence-electron chi connectivity index (χ1n) is 6.87. The van der Waals surface area contributed by atoms with Gasteiger partial charge in [0.05, 0.1) is 0 Å². The first-order chi connectivity index (χ1) is 9.74. The fraction of sp³-hybridized carbons (Fsp3) is 0.846. The van der Waals surface area contributed by atoms with E-state index in [1.807, 2.05) is 6.92 Å². The molecule has 1 atom stereocenters. The van der Waals surface area contributed by atoms with Crippen molar-refractivity contribution in [1.29, 1.82) is 0 Å². The Kier molecular flexibility index (Phi) is 9.77. The van der Waals surface area contributed by atoms with Gasteiger partial charge in [0.1, 0.15) is 13.2 Å². The number of carboxylic acids is 1. The molecule has 0 rings (SSSR count). The van der Waals surface area contributed by atoms with Gasteiger partial charge in [-0.3, -0.25) is 9.59 Å². The largest absolute Gasteiger partial charge is 0.481 e. The lowest BCUT2D eigenvalue weighted by Gasteiger charge is -2.15. The van der Waals surface area contributed by atoms with Gasteiger partial charge < -0.3 is 15.2 Å². The Balaban J connectivity index is 3.81. The van der Waals surface area contributed by atoms with E-state index in [-0.39, 0.29) is 12.3 Å². The van der Waals surface area contributed by atoms with Crippen LogP contribution in [0.2, 0.25) is 0 Å². The molecule has 0 aliphatic heterocycles. The average Bonchev–Trinajstić information content (AvgIpc) is 2.34. The lowest BCUT2D eigenvalue weighted by Crippen LogP contribution is -2.31. The zero-order valence-electron chi connectivity index (χ0n) is 12.0. The summed E-state index contributed by atoms with van der Waals surface area (Å²) in [4.78, 5) is 21.7. The van der Waals surface area contributed by atoms with Crippen LogP contribution in [0.1, 0.15) is 39.0 Å². The molecule has 0 aliphatic carbocycles. The lowest BCUT2D eigenvalue weighted by molar-refractivity contribution is -0.175. The van der Waals surface area contributed by atoms with E-state index in [2.05, 4.69) is 10.1 Å². The molecular formula is C13H22F3NO4. The van der Waals surface area contributed by atoms with Crippen molar-refractivity contribution in [3.05, 3.63) is 0 Å². The van der Waals surface area contributed by atoms with E-state index in [1.54, 1.807) is 0 Å². The number of aliphatic carboxylic acids is 1. The van der Waals surface area contributed by atoms with E-state index in [4.69, 9.17) is 5.11 Å². The van der Waals surface area contributed by atoms with Crippen molar-refractivity contribution < 1.29 is 32.6 Å². The molecule has 0 aliphatic rings. The number of amides is 1. The number of carboxylic acid groups (broad SMARTS) is 1. The number of hydrogen-bond donors (Lipinski definition) is 2. The number of nitrogens with one attached hydrogen (secondary N) is 1. The van der Waals surface area contributed by atoms with Gasteiger partial charge in [0.15, 0.2) is 0 Å². The second-order valence-electron chi connectivity index (χ2n) is 4.83. The summed E-state index contributed by atoms with van der Waals surface area (Å²) in [5, 5.41) is 11.1. The summed E-state index contributed by atoms with van der Waals surface area (Å²) < 4.78 is 39.6. The quantitative estimate of drug-likeness (QED) is 0.614. The molecule has 0 fully saturated rings. The summed E-state index contributed by atoms with van der Waals surface area (Å²) in [6.45, 7) is 0.209. The average molecular weight is 313 g/mol. The molecule has 8 heteroatoms. The SMILES string of the molecule is CCCC(CCNC(=O)COCC(F)(F)F)CCC(=O)O. The summed E-state index contributed by atoms with van der Waals surface area (Å²) >= 11 is 0. The predicted octanol–water partition coefficient (Wildman–Crippen LogP) is 2.35. The molecule has 124 valence electrons. The van der Waals surface area contributed by atoms with Crippen LogP contribution in [0.15, 0.2) is 0 Å². The first kappa shape index (κ1) is 19.7. The second-order valence-corrected chi connectivity index (χ2v) is 4.83. The zero-order valence-corrected chi connectivity index (χ0v) is 12.0. The van der Waals surface area contributed by atoms with Gasteiger partial charge in [-0.2, -0.15) is 13.2 Å². The Bertz CT molecular complexity index is 321. The maximum absolute atomic E-state index is 11.8. The summed E-state index contributed by atoms with van der Waals surface area (Å²) in [7, 11) is 0. The van der Waals surface area contributed by atoms with E-state index < -0.39 is 31.3 Å². The molecule has 0 aromatic rings. The van der Waals surface area contributed by atoms with Crippen molar-refractivity contribution in [2.75, 3.05) is 19.8 Å². The van der Waals surface area contributed by atoms with Gasteiger partial charge >= 0.3 is 12.1 Å². The zero-order chi connectivity index (χ0) is 16.3. The fourth-order valence-electron chi connectivity index (χ4n) is 1.90. The fourth-order valence-corrected chi connectivity index (χ4v) is 1.90. The Morgan fingerprint density at radius 1 is 1.24 bits per heavy atom. The molecule has 1 unspecified atom stereocenters. The van der Waals surface area contributed by atoms with Crippen LogP contribution >= 0.6 is 0 Å². The summed E-state index contributed by atoms with van der Waals surface area (Å²) in [6, 6.07) is 0. The Morgan fingerprint density at radius 2 is 1.90 bits per heavy atom. The third-order valence-electron chi connectivity index (χ3n) is 2.84. The van der Waals surface area contributed by atoms with E-state index in [1.165, 1.54) is 0 Å². The minimum absolute atomic E-state index is 0.0767. The molecule has 0 bridgehead atoms. The Labute approximate surface area is 121 Å². The molecule has 5 nitrogen and oxygen atoms in total. The Morgan fingerprint density at radius 3 is 2.43 bits per heavy atom. The second kappa shape index (κ2) is 10.4. The standard InChI is InChI=1S/C13H22F3NO4/c1-2-3-10(4-5-12(19)20)6-7-17-11(18)8-21-9-13(14,15)16/h10H,2-9H2,1H3,(H,17,18)(H,19,20). The van der Waals surface area contributed by atoms with E-state index >= 15 is 0 Å². The monoisotopic (exact) mass is 313 g/mol. The lowest BCUT2D eigenvalue weighted by atomic mass is 9.94. The number of carbonyl (C=O) groups excluding carboxylic acids is 1. The van der Waals surface area contributed by atoms with Crippen LogP contribution in [0.3, 0.4) is 0 Å². The number of ether oxygens (including phenoxy) is 1. The van der Waals surface area contributed by atoms with Crippen LogP contribution in [-0.4, -0.2) is 42.9 Å². The van der Waals surface area contributed by atoms with Crippen LogP contribution in [-0.2, 0) is 14.3 Å². The van der Waals surface area contributed by atoms with Gasteiger partial charge in [-0.1, -0.05) is 19.8 Å². The minimum atomic E-state index is -4.44. The highest BCUT2D eigenvalue weighted by atomic mass is 19.4. The number of carbonyl (C=O) groups is 2. The van der Waals surface area contributed by atoms with Crippen molar-refractivity contribution in [3.8, 4) is 0 Å². The maximum Gasteiger partial charge on any atom is 0.411 e. The van der Waals surface area contributed by atoms with E-state index in [0.29, 0.717) is 19.4 Å².